The van der Waals surface area contributed by atoms with Crippen LogP contribution in [0.25, 0.3) is 10.6 Å². The van der Waals surface area contributed by atoms with Crippen LogP contribution in [-0.4, -0.2) is 91.0 Å². The van der Waals surface area contributed by atoms with Crippen LogP contribution >= 0.6 is 11.3 Å². The minimum Gasteiger partial charge on any atom is -0.477 e. The van der Waals surface area contributed by atoms with Gasteiger partial charge in [-0.05, 0) is 32.8 Å². The fraction of sp³-hybridized carbons (Fsp3) is 0.480. The predicted octanol–water partition coefficient (Wildman–Crippen LogP) is 1.57. The zero-order valence-electron chi connectivity index (χ0n) is 22.1. The molecule has 210 valence electrons. The van der Waals surface area contributed by atoms with Gasteiger partial charge in [-0.1, -0.05) is 6.58 Å². The maximum absolute atomic E-state index is 13.2. The van der Waals surface area contributed by atoms with Crippen molar-refractivity contribution in [3.8, 4) is 16.5 Å². The molecule has 3 heterocycles. The monoisotopic (exact) mass is 574 g/mol. The summed E-state index contributed by atoms with van der Waals surface area (Å²) in [4.78, 5) is 33.4. The summed E-state index contributed by atoms with van der Waals surface area (Å²) >= 11 is 1.21. The standard InChI is InChI=1S/C25H34N8O4S2/c1-4-37-23-15-27-13-20(30-23)22-14-29-25(38-22)24(34)31-21(16-33-11-9-26-10-12-33)18(3)28-8-7-17(2)32-39(35,36)19-5-6-19/h7-8,13-15,19,21,26,32H,3-6,9-12,16H2,1-2H3,(H,31,34)/b17-7+,28-8-/t21-/m1/s1. The van der Waals surface area contributed by atoms with Gasteiger partial charge < -0.3 is 15.4 Å². The first-order valence-electron chi connectivity index (χ1n) is 12.8. The Hall–Kier alpha value is -3.20. The molecule has 0 unspecified atom stereocenters. The van der Waals surface area contributed by atoms with E-state index in [4.69, 9.17) is 4.74 Å². The molecule has 2 aromatic heterocycles. The SMILES string of the molecule is C=C(/N=C\C=C(/C)NS(=O)(=O)C1CC1)[C@@H](CN1CCNCC1)NC(=O)c1ncc(-c2cncc(OCC)n2)s1. The first kappa shape index (κ1) is 28.8. The Labute approximate surface area is 232 Å². The molecule has 1 aliphatic heterocycles. The van der Waals surface area contributed by atoms with Crippen LogP contribution in [0.2, 0.25) is 0 Å². The number of thiazole rings is 1. The number of aliphatic imine (C=N–C) groups is 1. The summed E-state index contributed by atoms with van der Waals surface area (Å²) in [5.41, 5.74) is 1.49. The molecule has 2 aromatic rings. The van der Waals surface area contributed by atoms with Gasteiger partial charge in [-0.25, -0.2) is 18.4 Å². The highest BCUT2D eigenvalue weighted by atomic mass is 32.2. The smallest absolute Gasteiger partial charge is 0.280 e. The van der Waals surface area contributed by atoms with Crippen LogP contribution in [0.1, 0.15) is 36.5 Å². The maximum atomic E-state index is 13.2. The molecule has 1 amide bonds. The molecule has 1 saturated heterocycles. The minimum atomic E-state index is -3.34. The van der Waals surface area contributed by atoms with E-state index < -0.39 is 16.1 Å². The summed E-state index contributed by atoms with van der Waals surface area (Å²) in [5, 5.41) is 6.31. The Bertz CT molecular complexity index is 1330. The lowest BCUT2D eigenvalue weighted by Crippen LogP contribution is -2.50. The van der Waals surface area contributed by atoms with Gasteiger partial charge in [0.1, 0.15) is 5.69 Å². The number of amides is 1. The molecule has 0 bridgehead atoms. The van der Waals surface area contributed by atoms with Crippen molar-refractivity contribution in [3.63, 3.8) is 0 Å². The van der Waals surface area contributed by atoms with E-state index in [1.54, 1.807) is 25.4 Å². The number of aromatic nitrogens is 3. The molecule has 1 aliphatic carbocycles. The zero-order chi connectivity index (χ0) is 27.8. The Morgan fingerprint density at radius 1 is 1.33 bits per heavy atom. The number of piperazine rings is 1. The number of carbonyl (C=O) groups excluding carboxylic acids is 1. The predicted molar refractivity (Wildman–Crippen MR) is 151 cm³/mol. The fourth-order valence-corrected chi connectivity index (χ4v) is 6.06. The summed E-state index contributed by atoms with van der Waals surface area (Å²) < 4.78 is 32.3. The highest BCUT2D eigenvalue weighted by Crippen LogP contribution is 2.28. The van der Waals surface area contributed by atoms with Crippen LogP contribution in [0.15, 0.2) is 47.6 Å². The number of hydrogen-bond donors (Lipinski definition) is 3. The molecule has 14 heteroatoms. The molecule has 39 heavy (non-hydrogen) atoms. The van der Waals surface area contributed by atoms with Crippen LogP contribution in [0.3, 0.4) is 0 Å². The van der Waals surface area contributed by atoms with Gasteiger partial charge in [-0.3, -0.25) is 24.4 Å². The Morgan fingerprint density at radius 3 is 2.82 bits per heavy atom. The fourth-order valence-electron chi connectivity index (χ4n) is 3.84. The van der Waals surface area contributed by atoms with Gasteiger partial charge in [0.2, 0.25) is 15.9 Å². The third-order valence-electron chi connectivity index (χ3n) is 6.05. The number of nitrogens with zero attached hydrogens (tertiary/aromatic N) is 5. The first-order chi connectivity index (χ1) is 18.7. The van der Waals surface area contributed by atoms with Gasteiger partial charge in [0.15, 0.2) is 5.01 Å². The zero-order valence-corrected chi connectivity index (χ0v) is 23.7. The molecule has 4 rings (SSSR count). The third kappa shape index (κ3) is 8.39. The van der Waals surface area contributed by atoms with E-state index in [1.165, 1.54) is 23.7 Å². The van der Waals surface area contributed by atoms with Gasteiger partial charge in [0, 0.05) is 50.8 Å². The molecule has 2 fully saturated rings. The molecular weight excluding hydrogens is 540 g/mol. The van der Waals surface area contributed by atoms with Gasteiger partial charge in [0.25, 0.3) is 5.91 Å². The first-order valence-corrected chi connectivity index (χ1v) is 15.2. The third-order valence-corrected chi connectivity index (χ3v) is 9.02. The molecule has 0 radical (unpaired) electrons. The van der Waals surface area contributed by atoms with E-state index in [-0.39, 0.29) is 16.2 Å². The second-order valence-corrected chi connectivity index (χ2v) is 12.2. The average Bonchev–Trinajstić information content (AvgIpc) is 3.67. The van der Waals surface area contributed by atoms with Crippen LogP contribution in [0.4, 0.5) is 0 Å². The molecule has 2 aliphatic rings. The van der Waals surface area contributed by atoms with Crippen LogP contribution in [0.5, 0.6) is 5.88 Å². The quantitative estimate of drug-likeness (QED) is 0.303. The topological polar surface area (TPSA) is 151 Å². The molecule has 0 aromatic carbocycles. The number of ether oxygens (including phenoxy) is 1. The number of carbonyl (C=O) groups is 1. The van der Waals surface area contributed by atoms with Gasteiger partial charge >= 0.3 is 0 Å². The van der Waals surface area contributed by atoms with Gasteiger partial charge in [-0.15, -0.1) is 11.3 Å². The number of nitrogens with one attached hydrogen (secondary N) is 3. The van der Waals surface area contributed by atoms with Crippen LogP contribution in [-0.2, 0) is 10.0 Å². The van der Waals surface area contributed by atoms with Crippen molar-refractivity contribution >= 4 is 33.5 Å². The van der Waals surface area contributed by atoms with E-state index in [2.05, 4.69) is 46.8 Å². The van der Waals surface area contributed by atoms with Crippen LogP contribution < -0.4 is 20.1 Å². The van der Waals surface area contributed by atoms with E-state index in [1.807, 2.05) is 6.92 Å². The van der Waals surface area contributed by atoms with E-state index in [9.17, 15) is 13.2 Å². The van der Waals surface area contributed by atoms with Crippen molar-refractivity contribution in [2.24, 2.45) is 4.99 Å². The van der Waals surface area contributed by atoms with Gasteiger partial charge in [0.05, 0.1) is 40.9 Å². The Morgan fingerprint density at radius 2 is 2.10 bits per heavy atom. The Kier molecular flexibility index (Phi) is 9.78. The summed E-state index contributed by atoms with van der Waals surface area (Å²) in [7, 11) is -3.34. The lowest BCUT2D eigenvalue weighted by molar-refractivity contribution is 0.0930. The average molecular weight is 575 g/mol. The van der Waals surface area contributed by atoms with E-state index >= 15 is 0 Å². The largest absolute Gasteiger partial charge is 0.477 e. The summed E-state index contributed by atoms with van der Waals surface area (Å²) in [6.45, 7) is 12.0. The Balaban J connectivity index is 1.44. The lowest BCUT2D eigenvalue weighted by Gasteiger charge is -2.31. The molecule has 3 N–H and O–H groups in total. The van der Waals surface area contributed by atoms with Crippen molar-refractivity contribution < 1.29 is 17.9 Å². The molecule has 1 saturated carbocycles. The lowest BCUT2D eigenvalue weighted by atomic mass is 10.2. The normalized spacial score (nSPS) is 17.6. The van der Waals surface area contributed by atoms with Crippen LogP contribution in [0, 0.1) is 0 Å². The van der Waals surface area contributed by atoms with Crippen molar-refractivity contribution in [3.05, 3.63) is 47.6 Å². The van der Waals surface area contributed by atoms with Crippen molar-refractivity contribution in [2.75, 3.05) is 39.3 Å². The number of allylic oxidation sites excluding steroid dienone is 2. The molecule has 12 nitrogen and oxygen atoms in total. The molecule has 1 atom stereocenters. The van der Waals surface area contributed by atoms with Crippen molar-refractivity contribution in [2.45, 2.75) is 38.0 Å². The highest BCUT2D eigenvalue weighted by Gasteiger charge is 2.35. The number of hydrogen-bond acceptors (Lipinski definition) is 11. The van der Waals surface area contributed by atoms with Gasteiger partial charge in [-0.2, -0.15) is 0 Å². The van der Waals surface area contributed by atoms with Crippen molar-refractivity contribution in [1.82, 2.24) is 35.2 Å². The minimum absolute atomic E-state index is 0.279. The second kappa shape index (κ2) is 13.2. The summed E-state index contributed by atoms with van der Waals surface area (Å²) in [5.74, 6) is 0.0600. The highest BCUT2D eigenvalue weighted by molar-refractivity contribution is 7.90. The summed E-state index contributed by atoms with van der Waals surface area (Å²) in [6, 6.07) is -0.475. The van der Waals surface area contributed by atoms with E-state index in [0.717, 1.165) is 26.2 Å². The van der Waals surface area contributed by atoms with E-state index in [0.29, 0.717) is 53.8 Å². The molecule has 0 spiro atoms. The number of sulfonamides is 1. The maximum Gasteiger partial charge on any atom is 0.280 e. The second-order valence-electron chi connectivity index (χ2n) is 9.25. The van der Waals surface area contributed by atoms with Crippen molar-refractivity contribution in [1.29, 1.82) is 0 Å². The summed E-state index contributed by atoms with van der Waals surface area (Å²) in [6.07, 6.45) is 9.18. The molecular formula is C25H34N8O4S2. The number of rotatable bonds is 13.